The Morgan fingerprint density at radius 2 is 0.800 bits per heavy atom. The number of aromatic nitrogens is 2. The van der Waals surface area contributed by atoms with Crippen molar-refractivity contribution in [1.29, 1.82) is 0 Å². The third-order valence-corrected chi connectivity index (χ3v) is 13.2. The number of fused-ring (bicyclic) bond motifs is 9. The molecule has 0 aliphatic rings. The molecule has 0 fully saturated rings. The number of rotatable bonds is 3. The fourth-order valence-corrected chi connectivity index (χ4v) is 10.2. The summed E-state index contributed by atoms with van der Waals surface area (Å²) < 4.78 is 5.21. The summed E-state index contributed by atoms with van der Waals surface area (Å²) in [7, 11) is 99.5. The van der Waals surface area contributed by atoms with Gasteiger partial charge in [0.1, 0.15) is 118 Å². The zero-order valence-electron chi connectivity index (χ0n) is 31.8. The van der Waals surface area contributed by atoms with Gasteiger partial charge in [-0.25, -0.2) is 0 Å². The van der Waals surface area contributed by atoms with E-state index in [2.05, 4.69) is 6.07 Å². The molecule has 3 heterocycles. The van der Waals surface area contributed by atoms with Gasteiger partial charge in [0.05, 0.1) is 16.6 Å². The second-order valence-corrected chi connectivity index (χ2v) is 16.0. The summed E-state index contributed by atoms with van der Waals surface area (Å²) in [4.78, 5) is 0. The smallest absolute Gasteiger partial charge is 0.115 e. The molecule has 7 aromatic carbocycles. The second kappa shape index (κ2) is 13.7. The van der Waals surface area contributed by atoms with Crippen molar-refractivity contribution in [1.82, 2.24) is 9.13 Å². The van der Waals surface area contributed by atoms with Crippen molar-refractivity contribution >= 4 is 275 Å². The standard InChI is InChI=1S/C42H11B15N2S/c43-24-20(21-26(45)30(49)32(51)31(50)27(21)46)28(47)37(56)41-22(24)23-40(36(55)34(53)38(57)42(23)60-41)59-16-7-3-1-5-13(16)15-11-12(9-10-18(15)59)58-17-8-4-2-6-14(17)19-25(44)29(48)33(52)35(54)39(19)58/h1-11H. The van der Waals surface area contributed by atoms with Crippen LogP contribution in [0.15, 0.2) is 66.7 Å². The predicted octanol–water partition coefficient (Wildman–Crippen LogP) is -6.18. The molecule has 10 aromatic rings. The highest BCUT2D eigenvalue weighted by molar-refractivity contribution is 7.28. The Kier molecular flexibility index (Phi) is 8.99. The summed E-state index contributed by atoms with van der Waals surface area (Å²) >= 11 is 1.28. The minimum atomic E-state index is 0.0237. The van der Waals surface area contributed by atoms with Gasteiger partial charge < -0.3 is 9.13 Å². The van der Waals surface area contributed by atoms with Crippen molar-refractivity contribution in [3.05, 3.63) is 66.7 Å². The van der Waals surface area contributed by atoms with Gasteiger partial charge in [0, 0.05) is 47.8 Å². The maximum Gasteiger partial charge on any atom is 0.115 e. The van der Waals surface area contributed by atoms with Crippen molar-refractivity contribution in [3.63, 3.8) is 0 Å². The molecular weight excluding hydrogens is 727 g/mol. The van der Waals surface area contributed by atoms with Crippen LogP contribution in [0, 0.1) is 0 Å². The van der Waals surface area contributed by atoms with Gasteiger partial charge in [0.25, 0.3) is 0 Å². The molecule has 2 nitrogen and oxygen atoms in total. The SMILES string of the molecule is [B]c1c([B])c([B])c(-c2c([B])c([B])c3sc4c([B])c([B])c([B])c(-n5c6ccccc6c6cc(-n7c8ccccc8c8c([B])c([B])c([B])c([B])c87)ccc65)c4c3c2[B])c([B])c1[B]. The molecule has 0 N–H and O–H groups in total. The zero-order chi connectivity index (χ0) is 42.5. The second-order valence-electron chi connectivity index (χ2n) is 14.9. The third kappa shape index (κ3) is 5.03. The van der Waals surface area contributed by atoms with Gasteiger partial charge >= 0.3 is 0 Å². The Balaban J connectivity index is 1.35. The minimum absolute atomic E-state index is 0.0237. The highest BCUT2D eigenvalue weighted by Crippen LogP contribution is 2.40. The maximum atomic E-state index is 7.19. The van der Waals surface area contributed by atoms with Crippen molar-refractivity contribution in [2.24, 2.45) is 0 Å². The van der Waals surface area contributed by atoms with Crippen molar-refractivity contribution in [2.75, 3.05) is 0 Å². The number of thiophene rings is 1. The Bertz CT molecular complexity index is 3590. The van der Waals surface area contributed by atoms with Crippen molar-refractivity contribution in [3.8, 4) is 22.5 Å². The highest BCUT2D eigenvalue weighted by atomic mass is 32.1. The van der Waals surface area contributed by atoms with Gasteiger partial charge in [-0.3, -0.25) is 0 Å². The summed E-state index contributed by atoms with van der Waals surface area (Å²) in [5, 5.41) is 4.42. The summed E-state index contributed by atoms with van der Waals surface area (Å²) in [6, 6.07) is 21.8. The molecule has 240 valence electrons. The van der Waals surface area contributed by atoms with Gasteiger partial charge in [0.15, 0.2) is 0 Å². The number of nitrogens with zero attached hydrogens (tertiary/aromatic N) is 2. The molecular formula is C42H11B15N2S. The highest BCUT2D eigenvalue weighted by Gasteiger charge is 2.27. The van der Waals surface area contributed by atoms with E-state index in [0.29, 0.717) is 47.7 Å². The van der Waals surface area contributed by atoms with Gasteiger partial charge in [-0.2, -0.15) is 0 Å². The van der Waals surface area contributed by atoms with Crippen LogP contribution in [0.3, 0.4) is 0 Å². The molecule has 30 radical (unpaired) electrons. The lowest BCUT2D eigenvalue weighted by atomic mass is 9.57. The average molecular weight is 738 g/mol. The molecule has 0 saturated heterocycles. The first-order valence-electron chi connectivity index (χ1n) is 18.5. The maximum absolute atomic E-state index is 7.19. The Labute approximate surface area is 370 Å². The fourth-order valence-electron chi connectivity index (χ4n) is 8.90. The molecule has 0 saturated carbocycles. The van der Waals surface area contributed by atoms with Crippen LogP contribution in [0.5, 0.6) is 0 Å². The minimum Gasteiger partial charge on any atom is -0.310 e. The lowest BCUT2D eigenvalue weighted by molar-refractivity contribution is 1.18. The molecule has 0 unspecified atom stereocenters. The summed E-state index contributed by atoms with van der Waals surface area (Å²) in [5.74, 6) is 0. The molecule has 60 heavy (non-hydrogen) atoms. The van der Waals surface area contributed by atoms with Crippen LogP contribution >= 0.6 is 11.3 Å². The van der Waals surface area contributed by atoms with Crippen LogP contribution in [0.1, 0.15) is 0 Å². The molecule has 10 rings (SSSR count). The number of benzene rings is 7. The van der Waals surface area contributed by atoms with Gasteiger partial charge in [-0.05, 0) is 52.2 Å². The first kappa shape index (κ1) is 39.5. The van der Waals surface area contributed by atoms with Crippen LogP contribution in [0.25, 0.3) is 86.3 Å². The van der Waals surface area contributed by atoms with Crippen LogP contribution in [-0.4, -0.2) is 127 Å². The Morgan fingerprint density at radius 1 is 0.333 bits per heavy atom. The summed E-state index contributed by atoms with van der Waals surface area (Å²) in [5.41, 5.74) is 7.21. The topological polar surface area (TPSA) is 9.86 Å². The molecule has 0 spiro atoms. The van der Waals surface area contributed by atoms with Crippen molar-refractivity contribution in [2.45, 2.75) is 0 Å². The summed E-state index contributed by atoms with van der Waals surface area (Å²) in [6.45, 7) is 0. The predicted molar refractivity (Wildman–Crippen MR) is 274 cm³/mol. The van der Waals surface area contributed by atoms with Gasteiger partial charge in [0.2, 0.25) is 0 Å². The molecule has 0 bridgehead atoms. The quantitative estimate of drug-likeness (QED) is 0.160. The molecule has 18 heteroatoms. The molecule has 0 aliphatic heterocycles. The van der Waals surface area contributed by atoms with Crippen LogP contribution in [-0.2, 0) is 0 Å². The van der Waals surface area contributed by atoms with Crippen molar-refractivity contribution < 1.29 is 0 Å². The molecule has 0 amide bonds. The lowest BCUT2D eigenvalue weighted by Gasteiger charge is -2.26. The van der Waals surface area contributed by atoms with Gasteiger partial charge in [-0.15, -0.1) is 44.1 Å². The molecule has 0 aliphatic carbocycles. The van der Waals surface area contributed by atoms with Crippen LogP contribution < -0.4 is 81.9 Å². The third-order valence-electron chi connectivity index (χ3n) is 11.9. The first-order valence-corrected chi connectivity index (χ1v) is 19.3. The number of hydrogen-bond acceptors (Lipinski definition) is 1. The fraction of sp³-hybridized carbons (Fsp3) is 0. The lowest BCUT2D eigenvalue weighted by Crippen LogP contribution is -2.56. The van der Waals surface area contributed by atoms with Gasteiger partial charge in [-0.1, -0.05) is 85.6 Å². The van der Waals surface area contributed by atoms with E-state index in [1.807, 2.05) is 69.8 Å². The van der Waals surface area contributed by atoms with E-state index in [1.165, 1.54) is 11.3 Å². The van der Waals surface area contributed by atoms with E-state index in [9.17, 15) is 0 Å². The largest absolute Gasteiger partial charge is 0.310 e. The van der Waals surface area contributed by atoms with E-state index >= 15 is 0 Å². The number of para-hydroxylation sites is 2. The van der Waals surface area contributed by atoms with E-state index in [4.69, 9.17) is 118 Å². The Morgan fingerprint density at radius 3 is 1.47 bits per heavy atom. The average Bonchev–Trinajstić information content (AvgIpc) is 3.92. The van der Waals surface area contributed by atoms with E-state index in [-0.39, 0.29) is 82.1 Å². The summed E-state index contributed by atoms with van der Waals surface area (Å²) in [6.07, 6.45) is 0. The monoisotopic (exact) mass is 740 g/mol. The number of hydrogen-bond donors (Lipinski definition) is 0. The van der Waals surface area contributed by atoms with E-state index in [0.717, 1.165) is 38.4 Å². The van der Waals surface area contributed by atoms with Crippen LogP contribution in [0.2, 0.25) is 0 Å². The Hall–Kier alpha value is -4.67. The molecule has 0 atom stereocenters. The zero-order valence-corrected chi connectivity index (χ0v) is 32.6. The van der Waals surface area contributed by atoms with E-state index in [1.54, 1.807) is 0 Å². The van der Waals surface area contributed by atoms with E-state index < -0.39 is 0 Å². The molecule has 3 aromatic heterocycles. The normalized spacial score (nSPS) is 12.0. The van der Waals surface area contributed by atoms with Crippen LogP contribution in [0.4, 0.5) is 0 Å². The first-order chi connectivity index (χ1) is 28.6.